The minimum atomic E-state index is -0.0825. The topological polar surface area (TPSA) is 34.1 Å². The Morgan fingerprint density at radius 3 is 2.00 bits per heavy atom. The predicted octanol–water partition coefficient (Wildman–Crippen LogP) is 1.48. The summed E-state index contributed by atoms with van der Waals surface area (Å²) in [5, 5.41) is 0. The van der Waals surface area contributed by atoms with Crippen LogP contribution in [0, 0.1) is 0 Å². The summed E-state index contributed by atoms with van der Waals surface area (Å²) in [6, 6.07) is 10.6. The van der Waals surface area contributed by atoms with E-state index in [-0.39, 0.29) is 11.6 Å². The Bertz CT molecular complexity index is 645. The summed E-state index contributed by atoms with van der Waals surface area (Å²) in [5.41, 5.74) is 2.95. The van der Waals surface area contributed by atoms with Crippen molar-refractivity contribution in [2.24, 2.45) is 0 Å². The fourth-order valence-corrected chi connectivity index (χ4v) is 2.60. The molecule has 18 heavy (non-hydrogen) atoms. The summed E-state index contributed by atoms with van der Waals surface area (Å²) in [5.74, 6) is -0.156. The van der Waals surface area contributed by atoms with Gasteiger partial charge in [0.15, 0.2) is 11.6 Å². The maximum absolute atomic E-state index is 12.3. The SMILES string of the molecule is Bc1ccc2c(c1)C(=O)c1ccc(Br)cc1C2=O. The molecule has 0 fully saturated rings. The van der Waals surface area contributed by atoms with Crippen molar-refractivity contribution < 1.29 is 9.59 Å². The highest BCUT2D eigenvalue weighted by Gasteiger charge is 2.29. The van der Waals surface area contributed by atoms with Gasteiger partial charge in [-0.1, -0.05) is 39.6 Å². The van der Waals surface area contributed by atoms with Gasteiger partial charge in [0, 0.05) is 26.7 Å². The van der Waals surface area contributed by atoms with Gasteiger partial charge in [0.1, 0.15) is 7.85 Å². The Labute approximate surface area is 114 Å². The third-order valence-corrected chi connectivity index (χ3v) is 3.63. The van der Waals surface area contributed by atoms with Crippen LogP contribution in [0.3, 0.4) is 0 Å². The molecular formula is C14H8BBrO2. The first-order chi connectivity index (χ1) is 8.58. The number of rotatable bonds is 0. The summed E-state index contributed by atoms with van der Waals surface area (Å²) in [6.45, 7) is 0. The van der Waals surface area contributed by atoms with E-state index in [1.807, 2.05) is 13.9 Å². The third kappa shape index (κ3) is 1.56. The van der Waals surface area contributed by atoms with E-state index in [1.54, 1.807) is 30.3 Å². The summed E-state index contributed by atoms with van der Waals surface area (Å²) in [7, 11) is 1.91. The highest BCUT2D eigenvalue weighted by atomic mass is 79.9. The van der Waals surface area contributed by atoms with Crippen LogP contribution in [-0.4, -0.2) is 19.4 Å². The summed E-state index contributed by atoms with van der Waals surface area (Å²) < 4.78 is 0.804. The van der Waals surface area contributed by atoms with Crippen LogP contribution in [0.5, 0.6) is 0 Å². The van der Waals surface area contributed by atoms with E-state index < -0.39 is 0 Å². The van der Waals surface area contributed by atoms with Crippen LogP contribution >= 0.6 is 15.9 Å². The van der Waals surface area contributed by atoms with E-state index in [0.717, 1.165) is 9.94 Å². The number of carbonyl (C=O) groups excluding carboxylic acids is 2. The standard InChI is InChI=1S/C14H8BBrO2/c15-7-1-3-9-11(5-7)13(17)10-4-2-8(16)6-12(10)14(9)18/h1-6H,15H2. The lowest BCUT2D eigenvalue weighted by atomic mass is 9.81. The fourth-order valence-electron chi connectivity index (χ4n) is 2.24. The Balaban J connectivity index is 2.31. The van der Waals surface area contributed by atoms with E-state index in [4.69, 9.17) is 0 Å². The first-order valence-electron chi connectivity index (χ1n) is 5.57. The van der Waals surface area contributed by atoms with Crippen molar-refractivity contribution in [3.63, 3.8) is 0 Å². The van der Waals surface area contributed by atoms with Crippen LogP contribution in [0.4, 0.5) is 0 Å². The predicted molar refractivity (Wildman–Crippen MR) is 75.6 cm³/mol. The molecule has 0 N–H and O–H groups in total. The number of hydrogen-bond donors (Lipinski definition) is 0. The molecule has 86 valence electrons. The van der Waals surface area contributed by atoms with Crippen molar-refractivity contribution in [2.75, 3.05) is 0 Å². The van der Waals surface area contributed by atoms with Crippen LogP contribution in [0.15, 0.2) is 40.9 Å². The molecule has 2 aromatic rings. The lowest BCUT2D eigenvalue weighted by Crippen LogP contribution is -2.23. The van der Waals surface area contributed by atoms with Crippen LogP contribution in [0.25, 0.3) is 0 Å². The molecule has 0 aromatic heterocycles. The van der Waals surface area contributed by atoms with Gasteiger partial charge in [-0.15, -0.1) is 0 Å². The monoisotopic (exact) mass is 298 g/mol. The third-order valence-electron chi connectivity index (χ3n) is 3.14. The zero-order chi connectivity index (χ0) is 12.9. The molecule has 0 saturated carbocycles. The molecule has 0 radical (unpaired) electrons. The van der Waals surface area contributed by atoms with Crippen LogP contribution in [-0.2, 0) is 0 Å². The van der Waals surface area contributed by atoms with Crippen LogP contribution in [0.1, 0.15) is 31.8 Å². The fraction of sp³-hybridized carbons (Fsp3) is 0. The van der Waals surface area contributed by atoms with Gasteiger partial charge in [0.05, 0.1) is 0 Å². The zero-order valence-corrected chi connectivity index (χ0v) is 11.2. The van der Waals surface area contributed by atoms with Crippen LogP contribution in [0.2, 0.25) is 0 Å². The molecule has 4 heteroatoms. The molecule has 0 unspecified atom stereocenters. The molecule has 1 aliphatic rings. The molecule has 2 nitrogen and oxygen atoms in total. The number of hydrogen-bond acceptors (Lipinski definition) is 2. The number of carbonyl (C=O) groups is 2. The molecular weight excluding hydrogens is 291 g/mol. The Morgan fingerprint density at radius 2 is 1.33 bits per heavy atom. The van der Waals surface area contributed by atoms with Gasteiger partial charge in [-0.2, -0.15) is 0 Å². The molecule has 0 atom stereocenters. The van der Waals surface area contributed by atoms with E-state index >= 15 is 0 Å². The van der Waals surface area contributed by atoms with Crippen molar-refractivity contribution in [2.45, 2.75) is 0 Å². The molecule has 0 amide bonds. The number of ketones is 2. The van der Waals surface area contributed by atoms with Gasteiger partial charge in [-0.3, -0.25) is 9.59 Å². The average molecular weight is 299 g/mol. The lowest BCUT2D eigenvalue weighted by molar-refractivity contribution is 0.0979. The molecule has 3 rings (SSSR count). The maximum Gasteiger partial charge on any atom is 0.194 e. The second kappa shape index (κ2) is 3.92. The quantitative estimate of drug-likeness (QED) is 0.589. The van der Waals surface area contributed by atoms with Crippen LogP contribution < -0.4 is 5.46 Å². The van der Waals surface area contributed by atoms with E-state index in [2.05, 4.69) is 15.9 Å². The summed E-state index contributed by atoms with van der Waals surface area (Å²) >= 11 is 3.33. The Kier molecular flexibility index (Phi) is 2.49. The molecule has 0 spiro atoms. The second-order valence-corrected chi connectivity index (χ2v) is 5.31. The van der Waals surface area contributed by atoms with Crippen molar-refractivity contribution in [1.29, 1.82) is 0 Å². The number of halogens is 1. The van der Waals surface area contributed by atoms with Gasteiger partial charge in [-0.25, -0.2) is 0 Å². The summed E-state index contributed by atoms with van der Waals surface area (Å²) in [6.07, 6.45) is 0. The molecule has 1 aliphatic carbocycles. The smallest absolute Gasteiger partial charge is 0.194 e. The largest absolute Gasteiger partial charge is 0.289 e. The van der Waals surface area contributed by atoms with Gasteiger partial charge in [0.25, 0.3) is 0 Å². The first-order valence-corrected chi connectivity index (χ1v) is 6.37. The second-order valence-electron chi connectivity index (χ2n) is 4.40. The molecule has 0 heterocycles. The summed E-state index contributed by atoms with van der Waals surface area (Å²) in [4.78, 5) is 24.7. The number of fused-ring (bicyclic) bond motifs is 2. The normalized spacial score (nSPS) is 13.2. The Morgan fingerprint density at radius 1 is 0.778 bits per heavy atom. The van der Waals surface area contributed by atoms with Crippen molar-refractivity contribution >= 4 is 40.8 Å². The maximum atomic E-state index is 12.3. The zero-order valence-electron chi connectivity index (χ0n) is 9.66. The minimum Gasteiger partial charge on any atom is -0.289 e. The molecule has 2 aromatic carbocycles. The average Bonchev–Trinajstić information content (AvgIpc) is 2.36. The van der Waals surface area contributed by atoms with Gasteiger partial charge < -0.3 is 0 Å². The van der Waals surface area contributed by atoms with Crippen molar-refractivity contribution in [1.82, 2.24) is 0 Å². The number of benzene rings is 2. The van der Waals surface area contributed by atoms with Crippen molar-refractivity contribution in [3.05, 3.63) is 63.1 Å². The highest BCUT2D eigenvalue weighted by Crippen LogP contribution is 2.28. The Hall–Kier alpha value is -1.68. The van der Waals surface area contributed by atoms with Gasteiger partial charge in [0.2, 0.25) is 0 Å². The lowest BCUT2D eigenvalue weighted by Gasteiger charge is -2.17. The van der Waals surface area contributed by atoms with Crippen molar-refractivity contribution in [3.8, 4) is 0 Å². The molecule has 0 bridgehead atoms. The van der Waals surface area contributed by atoms with E-state index in [0.29, 0.717) is 22.3 Å². The van der Waals surface area contributed by atoms with E-state index in [1.165, 1.54) is 0 Å². The van der Waals surface area contributed by atoms with Gasteiger partial charge in [-0.05, 0) is 18.2 Å². The highest BCUT2D eigenvalue weighted by molar-refractivity contribution is 9.10. The van der Waals surface area contributed by atoms with Gasteiger partial charge >= 0.3 is 0 Å². The van der Waals surface area contributed by atoms with E-state index in [9.17, 15) is 9.59 Å². The molecule has 0 aliphatic heterocycles. The minimum absolute atomic E-state index is 0.0733. The first kappa shape index (κ1) is 11.4. The molecule has 0 saturated heterocycles.